The average molecular weight is 426 g/mol. The van der Waals surface area contributed by atoms with Crippen molar-refractivity contribution in [2.75, 3.05) is 21.9 Å². The summed E-state index contributed by atoms with van der Waals surface area (Å²) in [5, 5.41) is 12.8. The van der Waals surface area contributed by atoms with Gasteiger partial charge in [0.25, 0.3) is 5.91 Å². The van der Waals surface area contributed by atoms with E-state index in [2.05, 4.69) is 9.88 Å². The molecule has 0 spiro atoms. The second kappa shape index (κ2) is 7.53. The van der Waals surface area contributed by atoms with Crippen LogP contribution in [0.5, 0.6) is 5.75 Å². The Hall–Kier alpha value is -3.26. The van der Waals surface area contributed by atoms with Gasteiger partial charge in [-0.25, -0.2) is 8.42 Å². The van der Waals surface area contributed by atoms with E-state index < -0.39 is 10.0 Å². The Kier molecular flexibility index (Phi) is 5.03. The Balaban J connectivity index is 1.56. The molecule has 4 rings (SSSR count). The highest BCUT2D eigenvalue weighted by molar-refractivity contribution is 7.93. The number of anilines is 2. The summed E-state index contributed by atoms with van der Waals surface area (Å²) < 4.78 is 27.7. The van der Waals surface area contributed by atoms with Gasteiger partial charge in [0, 0.05) is 29.2 Å². The van der Waals surface area contributed by atoms with Crippen molar-refractivity contribution in [3.05, 3.63) is 71.5 Å². The zero-order chi connectivity index (χ0) is 21.5. The second-order valence-electron chi connectivity index (χ2n) is 7.40. The Morgan fingerprint density at radius 1 is 0.967 bits per heavy atom. The van der Waals surface area contributed by atoms with Crippen LogP contribution < -0.4 is 9.62 Å². The lowest BCUT2D eigenvalue weighted by Crippen LogP contribution is -2.25. The number of amides is 1. The van der Waals surface area contributed by atoms with Gasteiger partial charge in [0.2, 0.25) is 10.0 Å². The Morgan fingerprint density at radius 3 is 2.20 bits per heavy atom. The van der Waals surface area contributed by atoms with Gasteiger partial charge in [-0.2, -0.15) is 0 Å². The third-order valence-corrected chi connectivity index (χ3v) is 7.14. The molecule has 156 valence electrons. The van der Waals surface area contributed by atoms with Crippen LogP contribution in [0, 0.1) is 13.8 Å². The molecule has 1 saturated heterocycles. The summed E-state index contributed by atoms with van der Waals surface area (Å²) in [7, 11) is -3.35. The number of aromatic nitrogens is 1. The highest BCUT2D eigenvalue weighted by Gasteiger charge is 2.29. The number of aryl methyl sites for hydroxylation is 2. The quantitative estimate of drug-likeness (QED) is 0.625. The number of phenols is 1. The first-order valence-electron chi connectivity index (χ1n) is 9.66. The van der Waals surface area contributed by atoms with Crippen LogP contribution in [-0.2, 0) is 10.0 Å². The van der Waals surface area contributed by atoms with E-state index in [9.17, 15) is 18.3 Å². The lowest BCUT2D eigenvalue weighted by atomic mass is 10.1. The molecule has 8 heteroatoms. The number of phenolic OH excluding ortho intramolecular Hbond substituents is 1. The summed E-state index contributed by atoms with van der Waals surface area (Å²) in [4.78, 5) is 12.7. The van der Waals surface area contributed by atoms with Crippen molar-refractivity contribution in [3.8, 4) is 11.4 Å². The summed E-state index contributed by atoms with van der Waals surface area (Å²) in [6.07, 6.45) is 0.553. The smallest absolute Gasteiger partial charge is 0.255 e. The monoisotopic (exact) mass is 425 g/mol. The fraction of sp³-hybridized carbons (Fsp3) is 0.227. The van der Waals surface area contributed by atoms with E-state index in [4.69, 9.17) is 0 Å². The lowest BCUT2D eigenvalue weighted by molar-refractivity contribution is 0.102. The summed E-state index contributed by atoms with van der Waals surface area (Å²) in [5.41, 5.74) is 4.18. The van der Waals surface area contributed by atoms with Crippen molar-refractivity contribution in [3.63, 3.8) is 0 Å². The van der Waals surface area contributed by atoms with Crippen LogP contribution in [0.1, 0.15) is 28.2 Å². The molecule has 1 fully saturated rings. The van der Waals surface area contributed by atoms with E-state index in [1.54, 1.807) is 12.1 Å². The van der Waals surface area contributed by atoms with Crippen LogP contribution in [0.15, 0.2) is 54.6 Å². The van der Waals surface area contributed by atoms with Crippen molar-refractivity contribution in [1.82, 2.24) is 4.57 Å². The number of hydrogen-bond acceptors (Lipinski definition) is 4. The highest BCUT2D eigenvalue weighted by Crippen LogP contribution is 2.32. The normalized spacial score (nSPS) is 15.3. The van der Waals surface area contributed by atoms with Gasteiger partial charge in [-0.1, -0.05) is 0 Å². The van der Waals surface area contributed by atoms with Crippen LogP contribution in [0.25, 0.3) is 5.69 Å². The number of carbonyl (C=O) groups is 1. The van der Waals surface area contributed by atoms with Crippen LogP contribution >= 0.6 is 0 Å². The van der Waals surface area contributed by atoms with Gasteiger partial charge >= 0.3 is 0 Å². The number of nitrogens with zero attached hydrogens (tertiary/aromatic N) is 2. The third-order valence-electron chi connectivity index (χ3n) is 5.27. The van der Waals surface area contributed by atoms with E-state index in [0.717, 1.165) is 17.1 Å². The predicted molar refractivity (Wildman–Crippen MR) is 117 cm³/mol. The molecule has 1 aromatic heterocycles. The minimum atomic E-state index is -3.35. The van der Waals surface area contributed by atoms with E-state index in [1.807, 2.05) is 38.1 Å². The molecule has 1 aliphatic heterocycles. The van der Waals surface area contributed by atoms with E-state index in [-0.39, 0.29) is 23.1 Å². The minimum Gasteiger partial charge on any atom is -0.506 e. The first-order valence-corrected chi connectivity index (χ1v) is 11.3. The predicted octanol–water partition coefficient (Wildman–Crippen LogP) is 3.59. The Morgan fingerprint density at radius 2 is 1.60 bits per heavy atom. The zero-order valence-electron chi connectivity index (χ0n) is 16.8. The van der Waals surface area contributed by atoms with Crippen molar-refractivity contribution >= 4 is 27.3 Å². The van der Waals surface area contributed by atoms with Gasteiger partial charge in [-0.15, -0.1) is 0 Å². The number of sulfonamides is 1. The molecule has 3 aromatic rings. The number of carbonyl (C=O) groups excluding carboxylic acids is 1. The molecule has 0 radical (unpaired) electrons. The van der Waals surface area contributed by atoms with Crippen molar-refractivity contribution in [2.45, 2.75) is 20.3 Å². The molecule has 0 saturated carbocycles. The molecule has 0 aliphatic carbocycles. The molecular formula is C22H23N3O4S. The first-order chi connectivity index (χ1) is 14.3. The topological polar surface area (TPSA) is 91.6 Å². The molecule has 2 aromatic carbocycles. The third kappa shape index (κ3) is 3.66. The molecule has 2 N–H and O–H groups in total. The molecule has 30 heavy (non-hydrogen) atoms. The zero-order valence-corrected chi connectivity index (χ0v) is 17.6. The highest BCUT2D eigenvalue weighted by atomic mass is 32.2. The van der Waals surface area contributed by atoms with E-state index in [1.165, 1.54) is 22.5 Å². The summed E-state index contributed by atoms with van der Waals surface area (Å²) >= 11 is 0. The van der Waals surface area contributed by atoms with Crippen LogP contribution in [0.2, 0.25) is 0 Å². The molecule has 7 nitrogen and oxygen atoms in total. The van der Waals surface area contributed by atoms with Crippen molar-refractivity contribution in [1.29, 1.82) is 0 Å². The van der Waals surface area contributed by atoms with Crippen LogP contribution in [0.4, 0.5) is 11.4 Å². The van der Waals surface area contributed by atoms with E-state index in [0.29, 0.717) is 24.2 Å². The lowest BCUT2D eigenvalue weighted by Gasteiger charge is -2.18. The van der Waals surface area contributed by atoms with Crippen LogP contribution in [0.3, 0.4) is 0 Å². The van der Waals surface area contributed by atoms with Gasteiger partial charge < -0.3 is 15.0 Å². The molecule has 0 unspecified atom stereocenters. The van der Waals surface area contributed by atoms with Gasteiger partial charge in [0.15, 0.2) is 0 Å². The number of aromatic hydroxyl groups is 1. The van der Waals surface area contributed by atoms with Crippen molar-refractivity contribution < 1.29 is 18.3 Å². The molecule has 0 atom stereocenters. The standard InChI is InChI=1S/C22H23N3O4S/c1-15-4-5-16(2)25(15)18-8-6-17(7-9-18)22(27)23-20-14-19(10-11-21(20)26)24-12-3-13-30(24,28)29/h4-11,14,26H,3,12-13H2,1-2H3,(H,23,27). The molecular weight excluding hydrogens is 402 g/mol. The van der Waals surface area contributed by atoms with Gasteiger partial charge in [0.05, 0.1) is 17.1 Å². The summed E-state index contributed by atoms with van der Waals surface area (Å²) in [5.74, 6) is -0.416. The minimum absolute atomic E-state index is 0.0995. The average Bonchev–Trinajstić information content (AvgIpc) is 3.24. The fourth-order valence-corrected chi connectivity index (χ4v) is 5.30. The SMILES string of the molecule is Cc1ccc(C)n1-c1ccc(C(=O)Nc2cc(N3CCCS3(=O)=O)ccc2O)cc1. The van der Waals surface area contributed by atoms with Gasteiger partial charge in [0.1, 0.15) is 5.75 Å². The molecule has 1 amide bonds. The second-order valence-corrected chi connectivity index (χ2v) is 9.41. The van der Waals surface area contributed by atoms with Gasteiger partial charge in [-0.3, -0.25) is 9.10 Å². The van der Waals surface area contributed by atoms with Crippen molar-refractivity contribution in [2.24, 2.45) is 0 Å². The number of nitrogens with one attached hydrogen (secondary N) is 1. The largest absolute Gasteiger partial charge is 0.506 e. The molecule has 0 bridgehead atoms. The Bertz CT molecular complexity index is 1190. The maximum absolute atomic E-state index is 12.7. The maximum atomic E-state index is 12.7. The molecule has 2 heterocycles. The number of benzene rings is 2. The number of hydrogen-bond donors (Lipinski definition) is 2. The van der Waals surface area contributed by atoms with Crippen LogP contribution in [-0.4, -0.2) is 36.3 Å². The van der Waals surface area contributed by atoms with E-state index >= 15 is 0 Å². The molecule has 1 aliphatic rings. The summed E-state index contributed by atoms with van der Waals surface area (Å²) in [6, 6.07) is 15.6. The first kappa shape index (κ1) is 20.0. The maximum Gasteiger partial charge on any atom is 0.255 e. The van der Waals surface area contributed by atoms with Gasteiger partial charge in [-0.05, 0) is 74.9 Å². The fourth-order valence-electron chi connectivity index (χ4n) is 3.74. The Labute approximate surface area is 175 Å². The number of rotatable bonds is 4. The summed E-state index contributed by atoms with van der Waals surface area (Å²) in [6.45, 7) is 4.42.